The quantitative estimate of drug-likeness (QED) is 0.168. The smallest absolute Gasteiger partial charge is 0.327 e. The van der Waals surface area contributed by atoms with E-state index in [1.807, 2.05) is 0 Å². The number of aliphatic hydroxyl groups is 1. The Labute approximate surface area is 217 Å². The van der Waals surface area contributed by atoms with Gasteiger partial charge in [0.15, 0.2) is 0 Å². The van der Waals surface area contributed by atoms with Gasteiger partial charge >= 0.3 is 5.97 Å². The molecule has 0 bridgehead atoms. The lowest BCUT2D eigenvalue weighted by Gasteiger charge is -2.23. The molecule has 0 amide bonds. The summed E-state index contributed by atoms with van der Waals surface area (Å²) in [6, 6.07) is 14.8. The van der Waals surface area contributed by atoms with E-state index in [0.29, 0.717) is 12.0 Å². The molecule has 2 aromatic rings. The summed E-state index contributed by atoms with van der Waals surface area (Å²) in [5, 5.41) is 10.8. The molecule has 0 aromatic heterocycles. The van der Waals surface area contributed by atoms with Crippen LogP contribution in [0, 0.1) is 0 Å². The fourth-order valence-electron chi connectivity index (χ4n) is 4.12. The molecule has 0 aliphatic carbocycles. The largest absolute Gasteiger partial charge is 0.464 e. The van der Waals surface area contributed by atoms with Crippen molar-refractivity contribution < 1.29 is 23.1 Å². The number of benzene rings is 2. The van der Waals surface area contributed by atoms with Gasteiger partial charge in [-0.05, 0) is 24.1 Å². The van der Waals surface area contributed by atoms with Gasteiger partial charge in [-0.15, -0.1) is 0 Å². The second kappa shape index (κ2) is 17.3. The van der Waals surface area contributed by atoms with E-state index >= 15 is 0 Å². The lowest BCUT2D eigenvalue weighted by molar-refractivity contribution is -0.148. The third kappa shape index (κ3) is 11.2. The zero-order valence-corrected chi connectivity index (χ0v) is 22.4. The van der Waals surface area contributed by atoms with Crippen molar-refractivity contribution in [1.29, 1.82) is 0 Å². The van der Waals surface area contributed by atoms with Crippen LogP contribution in [-0.4, -0.2) is 32.1 Å². The van der Waals surface area contributed by atoms with Crippen LogP contribution in [-0.2, 0) is 19.6 Å². The van der Waals surface area contributed by atoms with Gasteiger partial charge in [0.05, 0.1) is 11.5 Å². The van der Waals surface area contributed by atoms with Crippen LogP contribution in [0.15, 0.2) is 65.6 Å². The SMILES string of the molecule is CCCCCCCCCCCCCCOC(=O)[C@@H](NS(=O)(=O)c1ccccc1)[C@H](O)c1ccccc1. The molecule has 0 radical (unpaired) electrons. The van der Waals surface area contributed by atoms with Crippen LogP contribution in [0.25, 0.3) is 0 Å². The van der Waals surface area contributed by atoms with Crippen LogP contribution in [0.5, 0.6) is 0 Å². The predicted molar refractivity (Wildman–Crippen MR) is 144 cm³/mol. The summed E-state index contributed by atoms with van der Waals surface area (Å²) in [5.74, 6) is -0.783. The zero-order chi connectivity index (χ0) is 26.1. The summed E-state index contributed by atoms with van der Waals surface area (Å²) in [6.07, 6.45) is 13.0. The standard InChI is InChI=1S/C29H43NO5S/c1-2-3-4-5-6-7-8-9-10-11-12-19-24-35-29(32)27(28(31)25-20-15-13-16-21-25)30-36(33,34)26-22-17-14-18-23-26/h13-18,20-23,27-28,30-31H,2-12,19,24H2,1H3/t27-,28+/m0/s1. The summed E-state index contributed by atoms with van der Waals surface area (Å²) < 4.78 is 33.4. The van der Waals surface area contributed by atoms with Crippen LogP contribution in [0.2, 0.25) is 0 Å². The first-order chi connectivity index (χ1) is 17.5. The minimum atomic E-state index is -4.03. The lowest BCUT2D eigenvalue weighted by Crippen LogP contribution is -2.46. The molecule has 2 atom stereocenters. The second-order valence-electron chi connectivity index (χ2n) is 9.32. The van der Waals surface area contributed by atoms with Crippen molar-refractivity contribution in [2.75, 3.05) is 6.61 Å². The molecule has 0 spiro atoms. The number of nitrogens with one attached hydrogen (secondary N) is 1. The van der Waals surface area contributed by atoms with Gasteiger partial charge in [0, 0.05) is 0 Å². The van der Waals surface area contributed by atoms with Crippen molar-refractivity contribution in [2.45, 2.75) is 101 Å². The molecule has 2 aromatic carbocycles. The normalized spacial score (nSPS) is 13.3. The highest BCUT2D eigenvalue weighted by molar-refractivity contribution is 7.89. The number of carbonyl (C=O) groups excluding carboxylic acids is 1. The van der Waals surface area contributed by atoms with Crippen LogP contribution in [0.4, 0.5) is 0 Å². The molecule has 7 heteroatoms. The van der Waals surface area contributed by atoms with E-state index in [1.165, 1.54) is 69.9 Å². The van der Waals surface area contributed by atoms with E-state index in [0.717, 1.165) is 12.8 Å². The maximum atomic E-state index is 12.9. The Morgan fingerprint density at radius 3 is 1.78 bits per heavy atom. The molecule has 0 fully saturated rings. The van der Waals surface area contributed by atoms with Gasteiger partial charge in [-0.25, -0.2) is 8.42 Å². The third-order valence-corrected chi connectivity index (χ3v) is 7.75. The maximum absolute atomic E-state index is 12.9. The first kappa shape index (κ1) is 30.0. The molecule has 0 saturated carbocycles. The summed E-state index contributed by atoms with van der Waals surface area (Å²) in [6.45, 7) is 2.43. The van der Waals surface area contributed by atoms with E-state index < -0.39 is 28.1 Å². The number of aliphatic hydroxyl groups excluding tert-OH is 1. The third-order valence-electron chi connectivity index (χ3n) is 6.29. The minimum absolute atomic E-state index is 0.0176. The molecule has 200 valence electrons. The molecule has 0 aliphatic rings. The van der Waals surface area contributed by atoms with E-state index in [4.69, 9.17) is 4.74 Å². The number of rotatable bonds is 19. The van der Waals surface area contributed by atoms with Crippen molar-refractivity contribution in [3.8, 4) is 0 Å². The van der Waals surface area contributed by atoms with Gasteiger partial charge in [-0.1, -0.05) is 126 Å². The van der Waals surface area contributed by atoms with Gasteiger partial charge in [0.2, 0.25) is 10.0 Å². The predicted octanol–water partition coefficient (Wildman–Crippen LogP) is 6.31. The number of sulfonamides is 1. The Morgan fingerprint density at radius 1 is 0.778 bits per heavy atom. The van der Waals surface area contributed by atoms with Crippen molar-refractivity contribution in [1.82, 2.24) is 4.72 Å². The van der Waals surface area contributed by atoms with E-state index in [-0.39, 0.29) is 11.5 Å². The molecule has 6 nitrogen and oxygen atoms in total. The Kier molecular flexibility index (Phi) is 14.4. The molecule has 36 heavy (non-hydrogen) atoms. The second-order valence-corrected chi connectivity index (χ2v) is 11.0. The average Bonchev–Trinajstić information content (AvgIpc) is 2.90. The highest BCUT2D eigenvalue weighted by atomic mass is 32.2. The monoisotopic (exact) mass is 517 g/mol. The number of carbonyl (C=O) groups is 1. The molecular weight excluding hydrogens is 474 g/mol. The highest BCUT2D eigenvalue weighted by Gasteiger charge is 2.34. The molecule has 2 N–H and O–H groups in total. The number of hydrogen-bond donors (Lipinski definition) is 2. The Balaban J connectivity index is 1.78. The minimum Gasteiger partial charge on any atom is -0.464 e. The summed E-state index contributed by atoms with van der Waals surface area (Å²) in [4.78, 5) is 12.9. The molecule has 2 rings (SSSR count). The number of ether oxygens (including phenoxy) is 1. The lowest BCUT2D eigenvalue weighted by atomic mass is 10.0. The molecular formula is C29H43NO5S. The average molecular weight is 518 g/mol. The topological polar surface area (TPSA) is 92.7 Å². The van der Waals surface area contributed by atoms with Crippen molar-refractivity contribution >= 4 is 16.0 Å². The Hall–Kier alpha value is -2.22. The molecule has 0 saturated heterocycles. The number of esters is 1. The molecule has 0 aliphatic heterocycles. The van der Waals surface area contributed by atoms with Gasteiger partial charge in [-0.2, -0.15) is 4.72 Å². The van der Waals surface area contributed by atoms with Crippen molar-refractivity contribution in [3.05, 3.63) is 66.2 Å². The van der Waals surface area contributed by atoms with Crippen LogP contribution in [0.3, 0.4) is 0 Å². The fourth-order valence-corrected chi connectivity index (χ4v) is 5.34. The van der Waals surface area contributed by atoms with E-state index in [1.54, 1.807) is 48.5 Å². The number of hydrogen-bond acceptors (Lipinski definition) is 5. The van der Waals surface area contributed by atoms with Gasteiger partial charge in [0.25, 0.3) is 0 Å². The van der Waals surface area contributed by atoms with Gasteiger partial charge < -0.3 is 9.84 Å². The zero-order valence-electron chi connectivity index (χ0n) is 21.6. The summed E-state index contributed by atoms with van der Waals surface area (Å²) in [7, 11) is -4.03. The van der Waals surface area contributed by atoms with Crippen LogP contribution >= 0.6 is 0 Å². The van der Waals surface area contributed by atoms with Gasteiger partial charge in [-0.3, -0.25) is 4.79 Å². The van der Waals surface area contributed by atoms with Crippen LogP contribution in [0.1, 0.15) is 95.6 Å². The van der Waals surface area contributed by atoms with Crippen molar-refractivity contribution in [3.63, 3.8) is 0 Å². The Morgan fingerprint density at radius 2 is 1.25 bits per heavy atom. The van der Waals surface area contributed by atoms with E-state index in [9.17, 15) is 18.3 Å². The summed E-state index contributed by atoms with van der Waals surface area (Å²) in [5.41, 5.74) is 0.431. The number of unbranched alkanes of at least 4 members (excludes halogenated alkanes) is 11. The van der Waals surface area contributed by atoms with Crippen LogP contribution < -0.4 is 4.72 Å². The van der Waals surface area contributed by atoms with E-state index in [2.05, 4.69) is 11.6 Å². The maximum Gasteiger partial charge on any atom is 0.327 e. The summed E-state index contributed by atoms with van der Waals surface area (Å²) >= 11 is 0. The first-order valence-corrected chi connectivity index (χ1v) is 14.9. The van der Waals surface area contributed by atoms with Crippen molar-refractivity contribution in [2.24, 2.45) is 0 Å². The molecule has 0 unspecified atom stereocenters. The molecule has 0 heterocycles. The highest BCUT2D eigenvalue weighted by Crippen LogP contribution is 2.20. The fraction of sp³-hybridized carbons (Fsp3) is 0.552. The first-order valence-electron chi connectivity index (χ1n) is 13.4. The Bertz CT molecular complexity index is 950. The van der Waals surface area contributed by atoms with Gasteiger partial charge in [0.1, 0.15) is 12.1 Å².